The Bertz CT molecular complexity index is 884. The first-order chi connectivity index (χ1) is 11.7. The Hall–Kier alpha value is -1.77. The number of carbonyl (C=O) groups is 1. The molecule has 1 N–H and O–H groups in total. The van der Waals surface area contributed by atoms with Gasteiger partial charge in [-0.15, -0.1) is 0 Å². The van der Waals surface area contributed by atoms with E-state index in [9.17, 15) is 17.6 Å². The molecule has 2 aromatic rings. The fourth-order valence-corrected chi connectivity index (χ4v) is 3.73. The minimum absolute atomic E-state index is 0.0444. The van der Waals surface area contributed by atoms with E-state index in [0.29, 0.717) is 4.47 Å². The highest BCUT2D eigenvalue weighted by atomic mass is 79.9. The maximum absolute atomic E-state index is 13.6. The van der Waals surface area contributed by atoms with Gasteiger partial charge in [0, 0.05) is 16.1 Å². The summed E-state index contributed by atoms with van der Waals surface area (Å²) < 4.78 is 46.0. The highest BCUT2D eigenvalue weighted by Gasteiger charge is 2.20. The molecule has 5 nitrogen and oxygen atoms in total. The number of ether oxygens (including phenoxy) is 1. The predicted octanol–water partition coefficient (Wildman–Crippen LogP) is 3.63. The summed E-state index contributed by atoms with van der Waals surface area (Å²) in [7, 11) is -3.74. The average molecular weight is 430 g/mol. The molecule has 0 atom stereocenters. The molecule has 2 rings (SSSR count). The third kappa shape index (κ3) is 5.10. The lowest BCUT2D eigenvalue weighted by Gasteiger charge is -2.12. The van der Waals surface area contributed by atoms with Crippen molar-refractivity contribution >= 4 is 31.9 Å². The first kappa shape index (κ1) is 19.6. The van der Waals surface area contributed by atoms with E-state index >= 15 is 0 Å². The van der Waals surface area contributed by atoms with Crippen molar-refractivity contribution in [1.29, 1.82) is 0 Å². The van der Waals surface area contributed by atoms with Gasteiger partial charge in [-0.25, -0.2) is 22.3 Å². The number of hydrogen-bond donors (Lipinski definition) is 1. The lowest BCUT2D eigenvalue weighted by Crippen LogP contribution is -2.30. The van der Waals surface area contributed by atoms with Crippen LogP contribution in [0.2, 0.25) is 0 Å². The molecule has 0 aliphatic carbocycles. The summed E-state index contributed by atoms with van der Waals surface area (Å²) in [5, 5.41) is 0. The number of carbonyl (C=O) groups excluding carboxylic acids is 1. The van der Waals surface area contributed by atoms with Gasteiger partial charge in [0.05, 0.1) is 10.5 Å². The molecule has 0 aliphatic rings. The van der Waals surface area contributed by atoms with Gasteiger partial charge in [0.15, 0.2) is 0 Å². The Morgan fingerprint density at radius 3 is 2.56 bits per heavy atom. The van der Waals surface area contributed by atoms with Crippen molar-refractivity contribution in [3.8, 4) is 0 Å². The molecule has 0 spiro atoms. The maximum atomic E-state index is 13.6. The van der Waals surface area contributed by atoms with Crippen LogP contribution in [0, 0.1) is 5.82 Å². The third-order valence-corrected chi connectivity index (χ3v) is 5.52. The standard InChI is InChI=1S/C17H17BrFNO4S/c1-11(2)20-25(22,23)13-7-8-15(18)14(9-13)17(21)24-10-12-5-3-4-6-16(12)19/h3-9,11,20H,10H2,1-2H3. The first-order valence-corrected chi connectivity index (χ1v) is 9.70. The Morgan fingerprint density at radius 1 is 1.24 bits per heavy atom. The van der Waals surface area contributed by atoms with Gasteiger partial charge in [-0.05, 0) is 54.0 Å². The van der Waals surface area contributed by atoms with E-state index in [0.717, 1.165) is 0 Å². The summed E-state index contributed by atoms with van der Waals surface area (Å²) in [6.45, 7) is 3.14. The Kier molecular flexibility index (Phi) is 6.31. The van der Waals surface area contributed by atoms with Crippen LogP contribution in [0.15, 0.2) is 51.8 Å². The van der Waals surface area contributed by atoms with Crippen LogP contribution in [0.3, 0.4) is 0 Å². The monoisotopic (exact) mass is 429 g/mol. The van der Waals surface area contributed by atoms with Crippen molar-refractivity contribution in [1.82, 2.24) is 4.72 Å². The molecule has 8 heteroatoms. The number of benzene rings is 2. The van der Waals surface area contributed by atoms with Gasteiger partial charge in [-0.3, -0.25) is 0 Å². The third-order valence-electron chi connectivity index (χ3n) is 3.18. The van der Waals surface area contributed by atoms with Crippen LogP contribution >= 0.6 is 15.9 Å². The minimum atomic E-state index is -3.74. The minimum Gasteiger partial charge on any atom is -0.457 e. The molecule has 0 amide bonds. The van der Waals surface area contributed by atoms with Gasteiger partial charge >= 0.3 is 5.97 Å². The smallest absolute Gasteiger partial charge is 0.339 e. The fraction of sp³-hybridized carbons (Fsp3) is 0.235. The van der Waals surface area contributed by atoms with Crippen molar-refractivity contribution < 1.29 is 22.3 Å². The zero-order valence-corrected chi connectivity index (χ0v) is 16.0. The molecular weight excluding hydrogens is 413 g/mol. The Balaban J connectivity index is 2.22. The van der Waals surface area contributed by atoms with E-state index in [1.54, 1.807) is 19.9 Å². The van der Waals surface area contributed by atoms with Crippen molar-refractivity contribution in [2.45, 2.75) is 31.4 Å². The molecule has 0 fully saturated rings. The van der Waals surface area contributed by atoms with E-state index in [-0.39, 0.29) is 28.7 Å². The van der Waals surface area contributed by atoms with Crippen molar-refractivity contribution in [2.75, 3.05) is 0 Å². The summed E-state index contributed by atoms with van der Waals surface area (Å²) in [5.74, 6) is -1.23. The summed E-state index contributed by atoms with van der Waals surface area (Å²) in [4.78, 5) is 12.2. The summed E-state index contributed by atoms with van der Waals surface area (Å²) in [6, 6.07) is 9.70. The molecule has 0 unspecified atom stereocenters. The number of nitrogens with one attached hydrogen (secondary N) is 1. The van der Waals surface area contributed by atoms with Gasteiger partial charge < -0.3 is 4.74 Å². The molecular formula is C17H17BrFNO4S. The molecule has 0 saturated carbocycles. The van der Waals surface area contributed by atoms with Crippen molar-refractivity contribution in [3.63, 3.8) is 0 Å². The molecule has 0 heterocycles. The second-order valence-electron chi connectivity index (χ2n) is 5.59. The molecule has 0 saturated heterocycles. The lowest BCUT2D eigenvalue weighted by molar-refractivity contribution is 0.0467. The Labute approximate surface area is 154 Å². The first-order valence-electron chi connectivity index (χ1n) is 7.43. The second-order valence-corrected chi connectivity index (χ2v) is 8.15. The highest BCUT2D eigenvalue weighted by Crippen LogP contribution is 2.23. The normalized spacial score (nSPS) is 11.6. The van der Waals surface area contributed by atoms with Crippen LogP contribution in [-0.4, -0.2) is 20.4 Å². The van der Waals surface area contributed by atoms with E-state index < -0.39 is 21.8 Å². The number of halogens is 2. The van der Waals surface area contributed by atoms with Gasteiger partial charge in [0.25, 0.3) is 0 Å². The average Bonchev–Trinajstić information content (AvgIpc) is 2.53. The second kappa shape index (κ2) is 8.07. The van der Waals surface area contributed by atoms with Crippen LogP contribution in [0.4, 0.5) is 4.39 Å². The number of rotatable bonds is 6. The van der Waals surface area contributed by atoms with Gasteiger partial charge in [-0.1, -0.05) is 18.2 Å². The van der Waals surface area contributed by atoms with Gasteiger partial charge in [-0.2, -0.15) is 0 Å². The van der Waals surface area contributed by atoms with E-state index in [1.807, 2.05) is 0 Å². The van der Waals surface area contributed by atoms with Crippen LogP contribution in [0.1, 0.15) is 29.8 Å². The molecule has 0 aliphatic heterocycles. The van der Waals surface area contributed by atoms with Crippen LogP contribution in [-0.2, 0) is 21.4 Å². The number of sulfonamides is 1. The van der Waals surface area contributed by atoms with E-state index in [4.69, 9.17) is 4.74 Å². The van der Waals surface area contributed by atoms with Gasteiger partial charge in [0.2, 0.25) is 10.0 Å². The quantitative estimate of drug-likeness (QED) is 0.711. The lowest BCUT2D eigenvalue weighted by atomic mass is 10.2. The summed E-state index contributed by atoms with van der Waals surface area (Å²) >= 11 is 3.20. The summed E-state index contributed by atoms with van der Waals surface area (Å²) in [5.41, 5.74) is 0.278. The molecule has 2 aromatic carbocycles. The molecule has 0 aromatic heterocycles. The number of hydrogen-bond acceptors (Lipinski definition) is 4. The maximum Gasteiger partial charge on any atom is 0.339 e. The van der Waals surface area contributed by atoms with Crippen LogP contribution in [0.25, 0.3) is 0 Å². The molecule has 0 radical (unpaired) electrons. The largest absolute Gasteiger partial charge is 0.457 e. The molecule has 134 valence electrons. The summed E-state index contributed by atoms with van der Waals surface area (Å²) in [6.07, 6.45) is 0. The fourth-order valence-electron chi connectivity index (χ4n) is 2.04. The molecule has 25 heavy (non-hydrogen) atoms. The topological polar surface area (TPSA) is 72.5 Å². The van der Waals surface area contributed by atoms with Gasteiger partial charge in [0.1, 0.15) is 12.4 Å². The van der Waals surface area contributed by atoms with Crippen molar-refractivity contribution in [3.05, 3.63) is 63.9 Å². The van der Waals surface area contributed by atoms with Crippen LogP contribution < -0.4 is 4.72 Å². The number of esters is 1. The highest BCUT2D eigenvalue weighted by molar-refractivity contribution is 9.10. The zero-order chi connectivity index (χ0) is 18.6. The van der Waals surface area contributed by atoms with E-state index in [1.165, 1.54) is 36.4 Å². The molecule has 0 bridgehead atoms. The SMILES string of the molecule is CC(C)NS(=O)(=O)c1ccc(Br)c(C(=O)OCc2ccccc2F)c1. The van der Waals surface area contributed by atoms with Crippen LogP contribution in [0.5, 0.6) is 0 Å². The van der Waals surface area contributed by atoms with E-state index in [2.05, 4.69) is 20.7 Å². The predicted molar refractivity (Wildman–Crippen MR) is 95.1 cm³/mol. The Morgan fingerprint density at radius 2 is 1.92 bits per heavy atom. The zero-order valence-electron chi connectivity index (χ0n) is 13.6. The van der Waals surface area contributed by atoms with Crippen molar-refractivity contribution in [2.24, 2.45) is 0 Å².